The molecule has 5 nitrogen and oxygen atoms in total. The summed E-state index contributed by atoms with van der Waals surface area (Å²) in [6.45, 7) is 4.33. The van der Waals surface area contributed by atoms with Gasteiger partial charge in [-0.05, 0) is 18.8 Å². The van der Waals surface area contributed by atoms with Gasteiger partial charge in [0.15, 0.2) is 6.29 Å². The number of carbonyl (C=O) groups excluding carboxylic acids is 1. The highest BCUT2D eigenvalue weighted by Crippen LogP contribution is 2.21. The Labute approximate surface area is 89.9 Å². The molecule has 88 valence electrons. The van der Waals surface area contributed by atoms with E-state index in [0.29, 0.717) is 13.0 Å². The molecule has 1 aliphatic heterocycles. The second kappa shape index (κ2) is 4.92. The molecule has 0 aromatic heterocycles. The van der Waals surface area contributed by atoms with Crippen LogP contribution in [0.2, 0.25) is 0 Å². The minimum atomic E-state index is -1.46. The number of aliphatic hydroxyl groups is 2. The molecule has 0 bridgehead atoms. The number of nitrogens with two attached hydrogens (primary N) is 1. The van der Waals surface area contributed by atoms with Crippen LogP contribution in [0, 0.1) is 5.92 Å². The third-order valence-electron chi connectivity index (χ3n) is 2.93. The van der Waals surface area contributed by atoms with Gasteiger partial charge in [0.05, 0.1) is 12.1 Å². The van der Waals surface area contributed by atoms with Crippen molar-refractivity contribution < 1.29 is 15.0 Å². The molecule has 1 aliphatic rings. The quantitative estimate of drug-likeness (QED) is 0.543. The fourth-order valence-corrected chi connectivity index (χ4v) is 1.85. The van der Waals surface area contributed by atoms with Crippen LogP contribution in [0.4, 0.5) is 0 Å². The summed E-state index contributed by atoms with van der Waals surface area (Å²) < 4.78 is 0. The zero-order valence-electron chi connectivity index (χ0n) is 9.26. The smallest absolute Gasteiger partial charge is 0.240 e. The number of amides is 1. The highest BCUT2D eigenvalue weighted by Gasteiger charge is 2.35. The van der Waals surface area contributed by atoms with Crippen LogP contribution < -0.4 is 5.73 Å². The number of aliphatic hydroxyl groups excluding tert-OH is 1. The Kier molecular flexibility index (Phi) is 4.07. The van der Waals surface area contributed by atoms with E-state index < -0.39 is 18.4 Å². The van der Waals surface area contributed by atoms with Crippen molar-refractivity contribution in [2.24, 2.45) is 11.7 Å². The first kappa shape index (κ1) is 12.4. The maximum absolute atomic E-state index is 11.9. The van der Waals surface area contributed by atoms with Crippen molar-refractivity contribution in [2.75, 3.05) is 6.54 Å². The van der Waals surface area contributed by atoms with Crippen molar-refractivity contribution in [2.45, 2.75) is 45.1 Å². The largest absolute Gasteiger partial charge is 0.366 e. The van der Waals surface area contributed by atoms with Crippen molar-refractivity contribution in [3.8, 4) is 0 Å². The summed E-state index contributed by atoms with van der Waals surface area (Å²) in [7, 11) is 0. The highest BCUT2D eigenvalue weighted by atomic mass is 16.5. The molecular weight excluding hydrogens is 196 g/mol. The van der Waals surface area contributed by atoms with E-state index in [4.69, 9.17) is 15.9 Å². The van der Waals surface area contributed by atoms with E-state index in [1.807, 2.05) is 13.8 Å². The van der Waals surface area contributed by atoms with E-state index in [1.165, 1.54) is 4.90 Å². The van der Waals surface area contributed by atoms with E-state index in [2.05, 4.69) is 0 Å². The summed E-state index contributed by atoms with van der Waals surface area (Å²) in [5.74, 6) is -0.116. The first-order chi connectivity index (χ1) is 6.95. The SMILES string of the molecule is CC(C)[C@H](N)C(=O)N1CCC[C@H]1C(O)O. The molecule has 4 N–H and O–H groups in total. The summed E-state index contributed by atoms with van der Waals surface area (Å²) in [4.78, 5) is 13.4. The lowest BCUT2D eigenvalue weighted by Gasteiger charge is -2.29. The molecule has 1 rings (SSSR count). The fraction of sp³-hybridized carbons (Fsp3) is 0.900. The maximum atomic E-state index is 11.9. The van der Waals surface area contributed by atoms with Crippen LogP contribution in [-0.4, -0.2) is 45.9 Å². The summed E-state index contributed by atoms with van der Waals surface area (Å²) in [5.41, 5.74) is 5.75. The molecule has 0 aromatic carbocycles. The Morgan fingerprint density at radius 2 is 2.07 bits per heavy atom. The van der Waals surface area contributed by atoms with Crippen LogP contribution in [0.15, 0.2) is 0 Å². The van der Waals surface area contributed by atoms with Gasteiger partial charge in [-0.2, -0.15) is 0 Å². The van der Waals surface area contributed by atoms with E-state index in [0.717, 1.165) is 6.42 Å². The molecule has 2 atom stereocenters. The van der Waals surface area contributed by atoms with Crippen LogP contribution in [0.5, 0.6) is 0 Å². The molecule has 1 heterocycles. The third-order valence-corrected chi connectivity index (χ3v) is 2.93. The lowest BCUT2D eigenvalue weighted by atomic mass is 10.0. The topological polar surface area (TPSA) is 86.8 Å². The Balaban J connectivity index is 2.66. The number of carbonyl (C=O) groups is 1. The summed E-state index contributed by atoms with van der Waals surface area (Å²) in [6, 6.07) is -1.04. The average Bonchev–Trinajstić information content (AvgIpc) is 2.63. The van der Waals surface area contributed by atoms with Crippen LogP contribution in [-0.2, 0) is 4.79 Å². The predicted molar refractivity (Wildman–Crippen MR) is 55.8 cm³/mol. The molecule has 0 saturated carbocycles. The van der Waals surface area contributed by atoms with Crippen LogP contribution in [0.3, 0.4) is 0 Å². The zero-order valence-corrected chi connectivity index (χ0v) is 9.26. The van der Waals surface area contributed by atoms with E-state index in [-0.39, 0.29) is 11.8 Å². The Hall–Kier alpha value is -0.650. The van der Waals surface area contributed by atoms with Gasteiger partial charge < -0.3 is 20.8 Å². The van der Waals surface area contributed by atoms with Gasteiger partial charge in [-0.15, -0.1) is 0 Å². The number of nitrogens with zero attached hydrogens (tertiary/aromatic N) is 1. The van der Waals surface area contributed by atoms with Gasteiger partial charge in [0.1, 0.15) is 0 Å². The zero-order chi connectivity index (χ0) is 11.6. The van der Waals surface area contributed by atoms with Gasteiger partial charge in [0.2, 0.25) is 5.91 Å². The highest BCUT2D eigenvalue weighted by molar-refractivity contribution is 5.82. The van der Waals surface area contributed by atoms with Gasteiger partial charge in [0.25, 0.3) is 0 Å². The minimum absolute atomic E-state index is 0.0644. The monoisotopic (exact) mass is 216 g/mol. The van der Waals surface area contributed by atoms with E-state index in [9.17, 15) is 4.79 Å². The van der Waals surface area contributed by atoms with Crippen molar-refractivity contribution >= 4 is 5.91 Å². The van der Waals surface area contributed by atoms with E-state index >= 15 is 0 Å². The van der Waals surface area contributed by atoms with Crippen molar-refractivity contribution in [3.63, 3.8) is 0 Å². The van der Waals surface area contributed by atoms with Gasteiger partial charge in [-0.3, -0.25) is 4.79 Å². The fourth-order valence-electron chi connectivity index (χ4n) is 1.85. The molecule has 1 amide bonds. The number of hydrogen-bond acceptors (Lipinski definition) is 4. The molecular formula is C10H20N2O3. The van der Waals surface area contributed by atoms with Gasteiger partial charge in [-0.1, -0.05) is 13.8 Å². The molecule has 15 heavy (non-hydrogen) atoms. The summed E-state index contributed by atoms with van der Waals surface area (Å²) in [6.07, 6.45) is -0.0246. The van der Waals surface area contributed by atoms with Crippen molar-refractivity contribution in [3.05, 3.63) is 0 Å². The Morgan fingerprint density at radius 1 is 1.47 bits per heavy atom. The third kappa shape index (κ3) is 2.68. The molecule has 0 radical (unpaired) electrons. The van der Waals surface area contributed by atoms with Gasteiger partial charge in [0, 0.05) is 6.54 Å². The van der Waals surface area contributed by atoms with Crippen LogP contribution in [0.1, 0.15) is 26.7 Å². The first-order valence-corrected chi connectivity index (χ1v) is 5.37. The second-order valence-corrected chi connectivity index (χ2v) is 4.42. The average molecular weight is 216 g/mol. The Bertz CT molecular complexity index is 231. The molecule has 1 saturated heterocycles. The molecule has 0 aliphatic carbocycles. The van der Waals surface area contributed by atoms with Crippen molar-refractivity contribution in [1.29, 1.82) is 0 Å². The number of hydrogen-bond donors (Lipinski definition) is 3. The maximum Gasteiger partial charge on any atom is 0.240 e. The summed E-state index contributed by atoms with van der Waals surface area (Å²) in [5, 5.41) is 18.2. The second-order valence-electron chi connectivity index (χ2n) is 4.42. The first-order valence-electron chi connectivity index (χ1n) is 5.37. The lowest BCUT2D eigenvalue weighted by Crippen LogP contribution is -2.51. The Morgan fingerprint density at radius 3 is 2.53 bits per heavy atom. The van der Waals surface area contributed by atoms with Gasteiger partial charge in [-0.25, -0.2) is 0 Å². The van der Waals surface area contributed by atoms with Crippen LogP contribution >= 0.6 is 0 Å². The van der Waals surface area contributed by atoms with Gasteiger partial charge >= 0.3 is 0 Å². The molecule has 0 spiro atoms. The molecule has 0 aromatic rings. The number of rotatable bonds is 3. The molecule has 5 heteroatoms. The minimum Gasteiger partial charge on any atom is -0.366 e. The van der Waals surface area contributed by atoms with Crippen molar-refractivity contribution in [1.82, 2.24) is 4.90 Å². The lowest BCUT2D eigenvalue weighted by molar-refractivity contribution is -0.145. The van der Waals surface area contributed by atoms with Crippen LogP contribution in [0.25, 0.3) is 0 Å². The summed E-state index contributed by atoms with van der Waals surface area (Å²) >= 11 is 0. The molecule has 0 unspecified atom stereocenters. The predicted octanol–water partition coefficient (Wildman–Crippen LogP) is -0.729. The normalized spacial score (nSPS) is 23.9. The standard InChI is InChI=1S/C10H20N2O3/c1-6(2)8(11)9(13)12-5-3-4-7(12)10(14)15/h6-8,10,14-15H,3-5,11H2,1-2H3/t7-,8-/m0/s1. The molecule has 1 fully saturated rings. The number of likely N-dealkylation sites (tertiary alicyclic amines) is 1. The van der Waals surface area contributed by atoms with E-state index in [1.54, 1.807) is 0 Å².